The Balaban J connectivity index is 0.000000146. The van der Waals surface area contributed by atoms with Gasteiger partial charge in [-0.05, 0) is 92.5 Å². The van der Waals surface area contributed by atoms with Crippen LogP contribution < -0.4 is 9.47 Å². The van der Waals surface area contributed by atoms with Crippen molar-refractivity contribution >= 4 is 11.3 Å². The van der Waals surface area contributed by atoms with Crippen LogP contribution in [0.15, 0.2) is 134 Å². The second-order valence-corrected chi connectivity index (χ2v) is 15.2. The highest BCUT2D eigenvalue weighted by Crippen LogP contribution is 2.43. The molecule has 2 aliphatic rings. The van der Waals surface area contributed by atoms with Gasteiger partial charge in [-0.15, -0.1) is 0 Å². The fourth-order valence-electron chi connectivity index (χ4n) is 7.11. The first-order chi connectivity index (χ1) is 27.3. The monoisotopic (exact) mass is 740 g/mol. The lowest BCUT2D eigenvalue weighted by Gasteiger charge is -2.16. The summed E-state index contributed by atoms with van der Waals surface area (Å²) in [6.07, 6.45) is 16.8. The molecule has 0 radical (unpaired) electrons. The van der Waals surface area contributed by atoms with Crippen LogP contribution in [0, 0.1) is 13.8 Å². The van der Waals surface area contributed by atoms with Crippen LogP contribution in [0.5, 0.6) is 11.5 Å². The van der Waals surface area contributed by atoms with E-state index in [2.05, 4.69) is 109 Å². The maximum atomic E-state index is 9.41. The van der Waals surface area contributed by atoms with Crippen molar-refractivity contribution in [1.29, 1.82) is 0 Å². The van der Waals surface area contributed by atoms with E-state index in [1.54, 1.807) is 0 Å². The summed E-state index contributed by atoms with van der Waals surface area (Å²) in [6, 6.07) is 33.0. The summed E-state index contributed by atoms with van der Waals surface area (Å²) in [6.45, 7) is 6.44. The Morgan fingerprint density at radius 1 is 0.554 bits per heavy atom. The van der Waals surface area contributed by atoms with E-state index in [1.165, 1.54) is 11.1 Å². The lowest BCUT2D eigenvalue weighted by atomic mass is 10.1. The topological polar surface area (TPSA) is 99.1 Å². The fourth-order valence-corrected chi connectivity index (χ4v) is 7.11. The molecule has 56 heavy (non-hydrogen) atoms. The number of rotatable bonds is 10. The first-order valence-electron chi connectivity index (χ1n) is 19.3. The van der Waals surface area contributed by atoms with Crippen LogP contribution in [-0.4, -0.2) is 52.1 Å². The van der Waals surface area contributed by atoms with Crippen molar-refractivity contribution < 1.29 is 14.6 Å². The highest BCUT2D eigenvalue weighted by molar-refractivity contribution is 5.79. The van der Waals surface area contributed by atoms with E-state index in [9.17, 15) is 5.11 Å². The smallest absolute Gasteiger partial charge is 0.162 e. The maximum absolute atomic E-state index is 9.41. The number of hydrogen-bond acceptors (Lipinski definition) is 7. The molecule has 10 rings (SSSR count). The van der Waals surface area contributed by atoms with Crippen molar-refractivity contribution in [3.05, 3.63) is 145 Å². The Hall–Kier alpha value is -6.32. The molecule has 0 bridgehead atoms. The number of ether oxygens (including phenoxy) is 2. The molecule has 280 valence electrons. The highest BCUT2D eigenvalue weighted by atomic mass is 16.5. The molecule has 0 saturated heterocycles. The van der Waals surface area contributed by atoms with Crippen LogP contribution in [0.2, 0.25) is 0 Å². The van der Waals surface area contributed by atoms with E-state index in [1.807, 2.05) is 70.5 Å². The van der Waals surface area contributed by atoms with Crippen LogP contribution >= 0.6 is 0 Å². The number of aromatic nitrogens is 6. The minimum atomic E-state index is -0.358. The van der Waals surface area contributed by atoms with E-state index in [-0.39, 0.29) is 17.8 Å². The third-order valence-electron chi connectivity index (χ3n) is 11.0. The number of aliphatic hydroxyl groups is 1. The van der Waals surface area contributed by atoms with Crippen molar-refractivity contribution in [3.63, 3.8) is 0 Å². The van der Waals surface area contributed by atoms with Gasteiger partial charge in [0, 0.05) is 47.0 Å². The standard InChI is InChI=1S/C24H23N3O.C23H21N3O2/c1-3-24(11-12-24)28-21-9-7-18(8-10-21)20-14-25-23-22(15-26-27(23)16-20)19-6-4-5-17(2)13-19;1-16-3-2-4-18(11-16)21-13-25-26-14-19(12-24-22(21)26)17-5-7-20(8-6-17)28-23(15-27)9-10-23/h4-10,13-16H,3,11-12H2,1-2H3;2-8,11-14,27H,9-10,15H2,1H3. The molecule has 0 atom stereocenters. The number of fused-ring (bicyclic) bond motifs is 2. The van der Waals surface area contributed by atoms with Gasteiger partial charge < -0.3 is 14.6 Å². The summed E-state index contributed by atoms with van der Waals surface area (Å²) in [5, 5.41) is 18.4. The summed E-state index contributed by atoms with van der Waals surface area (Å²) in [7, 11) is 0. The number of benzene rings is 4. The summed E-state index contributed by atoms with van der Waals surface area (Å²) >= 11 is 0. The van der Waals surface area contributed by atoms with Crippen molar-refractivity contribution in [2.75, 3.05) is 6.61 Å². The Bertz CT molecular complexity index is 2470. The number of aryl methyl sites for hydroxylation is 2. The van der Waals surface area contributed by atoms with Gasteiger partial charge in [-0.3, -0.25) is 0 Å². The molecule has 4 aromatic carbocycles. The van der Waals surface area contributed by atoms with E-state index in [0.29, 0.717) is 0 Å². The van der Waals surface area contributed by atoms with Crippen molar-refractivity contribution in [1.82, 2.24) is 29.2 Å². The van der Waals surface area contributed by atoms with E-state index >= 15 is 0 Å². The first kappa shape index (κ1) is 35.4. The number of aliphatic hydroxyl groups excluding tert-OH is 1. The first-order valence-corrected chi connectivity index (χ1v) is 19.3. The lowest BCUT2D eigenvalue weighted by Crippen LogP contribution is -2.22. The molecule has 8 aromatic rings. The minimum absolute atomic E-state index is 0.0674. The van der Waals surface area contributed by atoms with Gasteiger partial charge in [0.05, 0.1) is 19.0 Å². The van der Waals surface area contributed by atoms with Gasteiger partial charge in [-0.25, -0.2) is 19.0 Å². The highest BCUT2D eigenvalue weighted by Gasteiger charge is 2.45. The van der Waals surface area contributed by atoms with Crippen LogP contribution in [0.1, 0.15) is 50.2 Å². The number of nitrogens with zero attached hydrogens (tertiary/aromatic N) is 6. The maximum Gasteiger partial charge on any atom is 0.162 e. The molecular formula is C47H44N6O3. The zero-order valence-electron chi connectivity index (χ0n) is 31.9. The van der Waals surface area contributed by atoms with Gasteiger partial charge in [0.25, 0.3) is 0 Å². The summed E-state index contributed by atoms with van der Waals surface area (Å²) in [4.78, 5) is 9.36. The molecule has 2 saturated carbocycles. The van der Waals surface area contributed by atoms with Gasteiger partial charge >= 0.3 is 0 Å². The lowest BCUT2D eigenvalue weighted by molar-refractivity contribution is 0.0954. The largest absolute Gasteiger partial charge is 0.487 e. The van der Waals surface area contributed by atoms with E-state index < -0.39 is 0 Å². The number of hydrogen-bond donors (Lipinski definition) is 1. The van der Waals surface area contributed by atoms with Crippen molar-refractivity contribution in [2.45, 2.75) is 64.1 Å². The molecule has 9 heteroatoms. The van der Waals surface area contributed by atoms with Crippen LogP contribution in [0.25, 0.3) is 55.8 Å². The summed E-state index contributed by atoms with van der Waals surface area (Å²) in [5.74, 6) is 1.73. The second kappa shape index (κ2) is 14.4. The second-order valence-electron chi connectivity index (χ2n) is 15.2. The minimum Gasteiger partial charge on any atom is -0.487 e. The zero-order chi connectivity index (χ0) is 38.3. The SMILES string of the molecule is CCC1(Oc2ccc(-c3cnc4c(-c5cccc(C)c5)cnn4c3)cc2)CC1.Cc1cccc(-c2cnn3cc(-c4ccc(OC5(CO)CC5)cc4)cnc23)c1. The normalized spacial score (nSPS) is 14.9. The van der Waals surface area contributed by atoms with Crippen molar-refractivity contribution in [2.24, 2.45) is 0 Å². The fraction of sp³-hybridized carbons (Fsp3) is 0.234. The Labute approximate surface area is 326 Å². The molecule has 2 fully saturated rings. The van der Waals surface area contributed by atoms with Gasteiger partial charge in [0.1, 0.15) is 22.7 Å². The van der Waals surface area contributed by atoms with Crippen LogP contribution in [0.4, 0.5) is 0 Å². The van der Waals surface area contributed by atoms with Crippen molar-refractivity contribution in [3.8, 4) is 56.0 Å². The predicted octanol–water partition coefficient (Wildman–Crippen LogP) is 9.97. The third-order valence-corrected chi connectivity index (χ3v) is 11.0. The Morgan fingerprint density at radius 2 is 1.00 bits per heavy atom. The summed E-state index contributed by atoms with van der Waals surface area (Å²) < 4.78 is 15.7. The molecule has 0 aliphatic heterocycles. The van der Waals surface area contributed by atoms with Gasteiger partial charge in [0.2, 0.25) is 0 Å². The Morgan fingerprint density at radius 3 is 1.39 bits per heavy atom. The van der Waals surface area contributed by atoms with E-state index in [0.717, 1.165) is 99.4 Å². The van der Waals surface area contributed by atoms with Gasteiger partial charge in [-0.1, -0.05) is 90.8 Å². The molecule has 0 spiro atoms. The van der Waals surface area contributed by atoms with Gasteiger partial charge in [-0.2, -0.15) is 10.2 Å². The van der Waals surface area contributed by atoms with Gasteiger partial charge in [0.15, 0.2) is 11.3 Å². The average molecular weight is 741 g/mol. The quantitative estimate of drug-likeness (QED) is 0.149. The molecule has 9 nitrogen and oxygen atoms in total. The molecule has 2 aliphatic carbocycles. The zero-order valence-corrected chi connectivity index (χ0v) is 31.9. The van der Waals surface area contributed by atoms with Crippen LogP contribution in [-0.2, 0) is 0 Å². The molecule has 4 aromatic heterocycles. The summed E-state index contributed by atoms with van der Waals surface area (Å²) in [5.41, 5.74) is 12.4. The third kappa shape index (κ3) is 7.25. The molecule has 1 N–H and O–H groups in total. The molecule has 0 unspecified atom stereocenters. The average Bonchev–Trinajstić information content (AvgIpc) is 4.09. The molecule has 4 heterocycles. The Kier molecular flexibility index (Phi) is 9.10. The van der Waals surface area contributed by atoms with Crippen LogP contribution in [0.3, 0.4) is 0 Å². The molecular weight excluding hydrogens is 697 g/mol. The predicted molar refractivity (Wildman–Crippen MR) is 220 cm³/mol. The van der Waals surface area contributed by atoms with E-state index in [4.69, 9.17) is 14.5 Å². The molecule has 0 amide bonds.